The van der Waals surface area contributed by atoms with Crippen molar-refractivity contribution in [1.82, 2.24) is 25.2 Å². The number of fused-ring (bicyclic) bond motifs is 1. The summed E-state index contributed by atoms with van der Waals surface area (Å²) in [5.74, 6) is -2.20. The van der Waals surface area contributed by atoms with Crippen LogP contribution in [-0.4, -0.2) is 56.9 Å². The van der Waals surface area contributed by atoms with Gasteiger partial charge in [0.25, 0.3) is 11.8 Å². The molecule has 2 aliphatic rings. The lowest BCUT2D eigenvalue weighted by atomic mass is 10.1. The Morgan fingerprint density at radius 2 is 2.10 bits per heavy atom. The van der Waals surface area contributed by atoms with E-state index in [1.54, 1.807) is 9.58 Å². The molecule has 4 rings (SSSR count). The van der Waals surface area contributed by atoms with Crippen LogP contribution in [0, 0.1) is 11.6 Å². The van der Waals surface area contributed by atoms with Crippen LogP contribution in [0.25, 0.3) is 0 Å². The molecule has 1 aromatic heterocycles. The van der Waals surface area contributed by atoms with Gasteiger partial charge >= 0.3 is 0 Å². The molecule has 166 valence electrons. The fourth-order valence-corrected chi connectivity index (χ4v) is 4.31. The largest absolute Gasteiger partial charge is 0.477 e. The predicted octanol–water partition coefficient (Wildman–Crippen LogP) is 1.86. The van der Waals surface area contributed by atoms with E-state index >= 15 is 0 Å². The highest BCUT2D eigenvalue weighted by Crippen LogP contribution is 2.32. The van der Waals surface area contributed by atoms with Crippen molar-refractivity contribution in [2.75, 3.05) is 13.1 Å². The van der Waals surface area contributed by atoms with Crippen LogP contribution in [0.2, 0.25) is 0 Å². The first-order valence-electron chi connectivity index (χ1n) is 10.6. The molecule has 0 saturated carbocycles. The summed E-state index contributed by atoms with van der Waals surface area (Å²) in [6.45, 7) is 5.37. The van der Waals surface area contributed by atoms with Crippen LogP contribution in [0.5, 0.6) is 5.75 Å². The number of aryl methyl sites for hydroxylation is 1. The van der Waals surface area contributed by atoms with Gasteiger partial charge in [0.2, 0.25) is 0 Å². The van der Waals surface area contributed by atoms with Gasteiger partial charge in [0.1, 0.15) is 5.82 Å². The van der Waals surface area contributed by atoms with Crippen LogP contribution in [0.15, 0.2) is 12.1 Å². The minimum absolute atomic E-state index is 0.0784. The average molecular weight is 433 g/mol. The van der Waals surface area contributed by atoms with Crippen molar-refractivity contribution in [1.29, 1.82) is 0 Å². The maximum absolute atomic E-state index is 13.9. The van der Waals surface area contributed by atoms with Crippen molar-refractivity contribution < 1.29 is 23.1 Å². The molecule has 8 nitrogen and oxygen atoms in total. The summed E-state index contributed by atoms with van der Waals surface area (Å²) in [5, 5.41) is 10.9. The van der Waals surface area contributed by atoms with Crippen molar-refractivity contribution in [2.24, 2.45) is 0 Å². The second-order valence-corrected chi connectivity index (χ2v) is 7.78. The Balaban J connectivity index is 1.38. The average Bonchev–Trinajstić information content (AvgIpc) is 3.48. The number of nitrogens with one attached hydrogen (secondary N) is 1. The number of likely N-dealkylation sites (tertiary alicyclic amines) is 1. The molecule has 2 aromatic rings. The number of hydrogen-bond acceptors (Lipinski definition) is 5. The monoisotopic (exact) mass is 433 g/mol. The van der Waals surface area contributed by atoms with Gasteiger partial charge in [-0.25, -0.2) is 13.5 Å². The molecule has 1 aromatic carbocycles. The van der Waals surface area contributed by atoms with Crippen molar-refractivity contribution in [3.63, 3.8) is 0 Å². The Morgan fingerprint density at radius 1 is 1.29 bits per heavy atom. The number of aromatic nitrogens is 3. The zero-order valence-electron chi connectivity index (χ0n) is 17.5. The fourth-order valence-electron chi connectivity index (χ4n) is 4.31. The number of rotatable bonds is 6. The van der Waals surface area contributed by atoms with E-state index < -0.39 is 23.6 Å². The molecule has 0 radical (unpaired) electrons. The van der Waals surface area contributed by atoms with Gasteiger partial charge in [-0.05, 0) is 32.3 Å². The third-order valence-corrected chi connectivity index (χ3v) is 5.87. The maximum Gasteiger partial charge on any atom is 0.276 e. The van der Waals surface area contributed by atoms with Crippen molar-refractivity contribution in [3.8, 4) is 5.75 Å². The van der Waals surface area contributed by atoms with E-state index in [9.17, 15) is 18.4 Å². The molecular weight excluding hydrogens is 408 g/mol. The van der Waals surface area contributed by atoms with Crippen LogP contribution < -0.4 is 10.1 Å². The summed E-state index contributed by atoms with van der Waals surface area (Å²) in [4.78, 5) is 27.4. The molecule has 0 spiro atoms. The third-order valence-electron chi connectivity index (χ3n) is 5.87. The number of halogens is 2. The van der Waals surface area contributed by atoms with Crippen LogP contribution >= 0.6 is 0 Å². The second kappa shape index (κ2) is 8.60. The Hall–Kier alpha value is -3.04. The van der Waals surface area contributed by atoms with Crippen molar-refractivity contribution in [2.45, 2.75) is 58.2 Å². The van der Waals surface area contributed by atoms with Crippen molar-refractivity contribution in [3.05, 3.63) is 40.7 Å². The van der Waals surface area contributed by atoms with E-state index in [-0.39, 0.29) is 30.7 Å². The molecule has 0 bridgehead atoms. The lowest BCUT2D eigenvalue weighted by molar-refractivity contribution is -0.127. The van der Waals surface area contributed by atoms with Gasteiger partial charge in [-0.1, -0.05) is 12.1 Å². The quantitative estimate of drug-likeness (QED) is 0.751. The van der Waals surface area contributed by atoms with Crippen LogP contribution in [0.3, 0.4) is 0 Å². The third kappa shape index (κ3) is 3.98. The Morgan fingerprint density at radius 3 is 2.84 bits per heavy atom. The molecule has 0 aliphatic carbocycles. The molecule has 2 amide bonds. The highest BCUT2D eigenvalue weighted by molar-refractivity contribution is 5.93. The first-order valence-corrected chi connectivity index (χ1v) is 10.6. The summed E-state index contributed by atoms with van der Waals surface area (Å²) < 4.78 is 34.4. The fraction of sp³-hybridized carbons (Fsp3) is 0.524. The minimum atomic E-state index is -0.923. The van der Waals surface area contributed by atoms with Crippen LogP contribution in [0.1, 0.15) is 48.4 Å². The molecular formula is C21H25F2N5O3. The minimum Gasteiger partial charge on any atom is -0.477 e. The Labute approximate surface area is 178 Å². The smallest absolute Gasteiger partial charge is 0.276 e. The van der Waals surface area contributed by atoms with E-state index in [1.807, 2.05) is 13.8 Å². The molecule has 2 aliphatic heterocycles. The topological polar surface area (TPSA) is 89.3 Å². The normalized spacial score (nSPS) is 19.9. The van der Waals surface area contributed by atoms with Gasteiger partial charge in [0, 0.05) is 43.7 Å². The molecule has 1 fully saturated rings. The van der Waals surface area contributed by atoms with Gasteiger partial charge in [0.05, 0.1) is 5.69 Å². The van der Waals surface area contributed by atoms with Gasteiger partial charge in [-0.15, -0.1) is 5.10 Å². The maximum atomic E-state index is 13.9. The SMILES string of the molecule is CCc1c(C(=O)N2CCC[C@@H]2CNC(=O)C2Cc3cc(F)cc(F)c3O2)nnn1CC. The van der Waals surface area contributed by atoms with E-state index in [1.165, 1.54) is 6.07 Å². The number of amides is 2. The van der Waals surface area contributed by atoms with E-state index in [4.69, 9.17) is 4.74 Å². The number of carbonyl (C=O) groups is 2. The molecule has 31 heavy (non-hydrogen) atoms. The summed E-state index contributed by atoms with van der Waals surface area (Å²) in [5.41, 5.74) is 1.49. The molecule has 1 N–H and O–H groups in total. The number of hydrogen-bond donors (Lipinski definition) is 1. The number of nitrogens with zero attached hydrogens (tertiary/aromatic N) is 4. The predicted molar refractivity (Wildman–Crippen MR) is 107 cm³/mol. The van der Waals surface area contributed by atoms with E-state index in [0.29, 0.717) is 30.8 Å². The van der Waals surface area contributed by atoms with Gasteiger partial charge in [-0.2, -0.15) is 0 Å². The molecule has 3 heterocycles. The van der Waals surface area contributed by atoms with Crippen LogP contribution in [0.4, 0.5) is 8.78 Å². The number of carbonyl (C=O) groups excluding carboxylic acids is 2. The van der Waals surface area contributed by atoms with Gasteiger partial charge < -0.3 is 15.0 Å². The lowest BCUT2D eigenvalue weighted by Crippen LogP contribution is -2.46. The Kier molecular flexibility index (Phi) is 5.88. The Bertz CT molecular complexity index is 1010. The zero-order chi connectivity index (χ0) is 22.1. The summed E-state index contributed by atoms with van der Waals surface area (Å²) in [7, 11) is 0. The first-order chi connectivity index (χ1) is 14.9. The number of ether oxygens (including phenoxy) is 1. The number of benzene rings is 1. The standard InChI is InChI=1S/C21H25F2N5O3/c1-3-16-18(25-26-28(16)4-2)21(30)27-7-5-6-14(27)11-24-20(29)17-9-12-8-13(22)10-15(23)19(12)31-17/h8,10,14,17H,3-7,9,11H2,1-2H3,(H,24,29)/t14-,17?/m1/s1. The van der Waals surface area contributed by atoms with E-state index in [2.05, 4.69) is 15.6 Å². The van der Waals surface area contributed by atoms with Crippen LogP contribution in [-0.2, 0) is 24.2 Å². The highest BCUT2D eigenvalue weighted by atomic mass is 19.1. The zero-order valence-corrected chi connectivity index (χ0v) is 17.5. The summed E-state index contributed by atoms with van der Waals surface area (Å²) in [6, 6.07) is 1.74. The molecule has 2 atom stereocenters. The summed E-state index contributed by atoms with van der Waals surface area (Å²) >= 11 is 0. The van der Waals surface area contributed by atoms with E-state index in [0.717, 1.165) is 24.6 Å². The van der Waals surface area contributed by atoms with Crippen molar-refractivity contribution >= 4 is 11.8 Å². The molecule has 1 unspecified atom stereocenters. The van der Waals surface area contributed by atoms with Gasteiger partial charge in [-0.3, -0.25) is 9.59 Å². The lowest BCUT2D eigenvalue weighted by Gasteiger charge is -2.25. The molecule has 1 saturated heterocycles. The summed E-state index contributed by atoms with van der Waals surface area (Å²) in [6.07, 6.45) is 1.40. The molecule has 10 heteroatoms. The van der Waals surface area contributed by atoms with Gasteiger partial charge in [0.15, 0.2) is 23.4 Å². The highest BCUT2D eigenvalue weighted by Gasteiger charge is 2.35. The second-order valence-electron chi connectivity index (χ2n) is 7.78. The first kappa shape index (κ1) is 21.2.